The van der Waals surface area contributed by atoms with E-state index < -0.39 is 17.3 Å². The molecule has 0 aliphatic carbocycles. The van der Waals surface area contributed by atoms with Crippen LogP contribution in [0.15, 0.2) is 21.5 Å². The molecule has 0 aliphatic heterocycles. The number of nitrogens with one attached hydrogen (secondary N) is 2. The molecule has 18 heavy (non-hydrogen) atoms. The van der Waals surface area contributed by atoms with Crippen molar-refractivity contribution in [3.63, 3.8) is 0 Å². The van der Waals surface area contributed by atoms with Crippen LogP contribution in [0.3, 0.4) is 0 Å². The normalized spacial score (nSPS) is 11.1. The third-order valence-corrected chi connectivity index (χ3v) is 2.98. The van der Waals surface area contributed by atoms with Gasteiger partial charge in [-0.15, -0.1) is 0 Å². The van der Waals surface area contributed by atoms with Gasteiger partial charge >= 0.3 is 5.97 Å². The third-order valence-electron chi connectivity index (χ3n) is 2.39. The van der Waals surface area contributed by atoms with Crippen LogP contribution in [0.25, 0.3) is 0 Å². The van der Waals surface area contributed by atoms with Crippen molar-refractivity contribution in [2.24, 2.45) is 5.41 Å². The molecule has 0 saturated carbocycles. The van der Waals surface area contributed by atoms with Gasteiger partial charge in [-0.25, -0.2) is 0 Å². The number of carbonyl (C=O) groups is 2. The molecule has 1 heterocycles. The largest absolute Gasteiger partial charge is 0.481 e. The molecule has 0 atom stereocenters. The summed E-state index contributed by atoms with van der Waals surface area (Å²) < 4.78 is 0.243. The number of carboxylic acids is 1. The number of pyridine rings is 1. The highest BCUT2D eigenvalue weighted by Crippen LogP contribution is 2.13. The number of aromatic amines is 1. The fourth-order valence-electron chi connectivity index (χ4n) is 1.07. The van der Waals surface area contributed by atoms with E-state index in [0.29, 0.717) is 0 Å². The number of carbonyl (C=O) groups excluding carboxylic acids is 1. The van der Waals surface area contributed by atoms with Crippen molar-refractivity contribution in [1.29, 1.82) is 0 Å². The fourth-order valence-corrected chi connectivity index (χ4v) is 1.43. The van der Waals surface area contributed by atoms with E-state index in [-0.39, 0.29) is 22.1 Å². The predicted molar refractivity (Wildman–Crippen MR) is 68.5 cm³/mol. The Morgan fingerprint density at radius 1 is 1.50 bits per heavy atom. The number of hydrogen-bond donors (Lipinski definition) is 3. The van der Waals surface area contributed by atoms with Gasteiger partial charge in [0.15, 0.2) is 0 Å². The van der Waals surface area contributed by atoms with Crippen LogP contribution in [0, 0.1) is 5.41 Å². The molecule has 0 bridgehead atoms. The SMILES string of the molecule is CC(C)(CNC(=O)c1c[nH]c(=O)c(Br)c1)C(=O)O. The second-order valence-electron chi connectivity index (χ2n) is 4.44. The third kappa shape index (κ3) is 3.43. The van der Waals surface area contributed by atoms with Crippen molar-refractivity contribution >= 4 is 27.8 Å². The standard InChI is InChI=1S/C11H13BrN2O4/c1-11(2,10(17)18)5-14-8(15)6-3-7(12)9(16)13-4-6/h3-4H,5H2,1-2H3,(H,13,16)(H,14,15)(H,17,18). The van der Waals surface area contributed by atoms with Crippen molar-refractivity contribution in [3.8, 4) is 0 Å². The van der Waals surface area contributed by atoms with Gasteiger partial charge in [0.05, 0.1) is 15.5 Å². The van der Waals surface area contributed by atoms with E-state index in [1.54, 1.807) is 0 Å². The summed E-state index contributed by atoms with van der Waals surface area (Å²) in [7, 11) is 0. The second-order valence-corrected chi connectivity index (χ2v) is 5.29. The Kier molecular flexibility index (Phi) is 4.28. The lowest BCUT2D eigenvalue weighted by molar-refractivity contribution is -0.146. The zero-order valence-electron chi connectivity index (χ0n) is 9.91. The Morgan fingerprint density at radius 2 is 2.11 bits per heavy atom. The molecule has 7 heteroatoms. The summed E-state index contributed by atoms with van der Waals surface area (Å²) in [5.74, 6) is -1.44. The van der Waals surface area contributed by atoms with Gasteiger partial charge in [0, 0.05) is 12.7 Å². The number of amides is 1. The van der Waals surface area contributed by atoms with E-state index in [1.165, 1.54) is 26.1 Å². The minimum Gasteiger partial charge on any atom is -0.481 e. The fraction of sp³-hybridized carbons (Fsp3) is 0.364. The molecule has 1 aromatic rings. The monoisotopic (exact) mass is 316 g/mol. The molecule has 0 saturated heterocycles. The topological polar surface area (TPSA) is 99.3 Å². The van der Waals surface area contributed by atoms with Gasteiger partial charge in [-0.3, -0.25) is 14.4 Å². The average Bonchev–Trinajstić information content (AvgIpc) is 2.29. The van der Waals surface area contributed by atoms with Gasteiger partial charge in [-0.1, -0.05) is 0 Å². The zero-order chi connectivity index (χ0) is 13.9. The molecule has 0 fully saturated rings. The Hall–Kier alpha value is -1.63. The van der Waals surface area contributed by atoms with Crippen LogP contribution in [0.4, 0.5) is 0 Å². The summed E-state index contributed by atoms with van der Waals surface area (Å²) >= 11 is 3.01. The summed E-state index contributed by atoms with van der Waals surface area (Å²) in [5.41, 5.74) is -1.13. The van der Waals surface area contributed by atoms with Crippen LogP contribution >= 0.6 is 15.9 Å². The number of carboxylic acid groups (broad SMARTS) is 1. The van der Waals surface area contributed by atoms with Crippen molar-refractivity contribution < 1.29 is 14.7 Å². The summed E-state index contributed by atoms with van der Waals surface area (Å²) in [6.45, 7) is 3.02. The highest BCUT2D eigenvalue weighted by atomic mass is 79.9. The summed E-state index contributed by atoms with van der Waals surface area (Å²) in [6, 6.07) is 1.38. The summed E-state index contributed by atoms with van der Waals surface area (Å²) in [4.78, 5) is 36.1. The maximum Gasteiger partial charge on any atom is 0.310 e. The van der Waals surface area contributed by atoms with Crippen LogP contribution in [-0.2, 0) is 4.79 Å². The molecule has 0 radical (unpaired) electrons. The Labute approximate surface area is 112 Å². The maximum atomic E-state index is 11.7. The van der Waals surface area contributed by atoms with Gasteiger partial charge < -0.3 is 15.4 Å². The first-order valence-corrected chi connectivity index (χ1v) is 5.93. The molecule has 0 aliphatic rings. The number of aromatic nitrogens is 1. The number of hydrogen-bond acceptors (Lipinski definition) is 3. The van der Waals surface area contributed by atoms with E-state index >= 15 is 0 Å². The molecule has 1 aromatic heterocycles. The second kappa shape index (κ2) is 5.34. The van der Waals surface area contributed by atoms with Crippen LogP contribution in [0.1, 0.15) is 24.2 Å². The van der Waals surface area contributed by atoms with Crippen molar-refractivity contribution in [1.82, 2.24) is 10.3 Å². The molecule has 3 N–H and O–H groups in total. The van der Waals surface area contributed by atoms with Crippen molar-refractivity contribution in [2.75, 3.05) is 6.54 Å². The highest BCUT2D eigenvalue weighted by Gasteiger charge is 2.27. The quantitative estimate of drug-likeness (QED) is 0.771. The van der Waals surface area contributed by atoms with Gasteiger partial charge in [0.2, 0.25) is 0 Å². The molecule has 1 rings (SSSR count). The van der Waals surface area contributed by atoms with Gasteiger partial charge in [0.1, 0.15) is 0 Å². The van der Waals surface area contributed by atoms with E-state index in [0.717, 1.165) is 0 Å². The molecular formula is C11H13BrN2O4. The first-order valence-electron chi connectivity index (χ1n) is 5.14. The Balaban J connectivity index is 2.75. The number of rotatable bonds is 4. The van der Waals surface area contributed by atoms with Crippen LogP contribution in [-0.4, -0.2) is 28.5 Å². The molecule has 0 aromatic carbocycles. The van der Waals surface area contributed by atoms with Crippen molar-refractivity contribution in [2.45, 2.75) is 13.8 Å². The minimum absolute atomic E-state index is 0.00207. The number of halogens is 1. The molecule has 0 unspecified atom stereocenters. The minimum atomic E-state index is -1.05. The van der Waals surface area contributed by atoms with Gasteiger partial charge in [-0.05, 0) is 35.8 Å². The molecular weight excluding hydrogens is 304 g/mol. The summed E-state index contributed by atoms with van der Waals surface area (Å²) in [6.07, 6.45) is 1.27. The zero-order valence-corrected chi connectivity index (χ0v) is 11.5. The van der Waals surface area contributed by atoms with Crippen LogP contribution in [0.5, 0.6) is 0 Å². The summed E-state index contributed by atoms with van der Waals surface area (Å²) in [5, 5.41) is 11.4. The van der Waals surface area contributed by atoms with Gasteiger partial charge in [0.25, 0.3) is 11.5 Å². The highest BCUT2D eigenvalue weighted by molar-refractivity contribution is 9.10. The van der Waals surface area contributed by atoms with Gasteiger partial charge in [-0.2, -0.15) is 0 Å². The van der Waals surface area contributed by atoms with Crippen LogP contribution < -0.4 is 10.9 Å². The number of aliphatic carboxylic acids is 1. The molecule has 6 nitrogen and oxygen atoms in total. The van der Waals surface area contributed by atoms with E-state index in [1.807, 2.05) is 0 Å². The van der Waals surface area contributed by atoms with E-state index in [9.17, 15) is 14.4 Å². The smallest absolute Gasteiger partial charge is 0.310 e. The lowest BCUT2D eigenvalue weighted by Gasteiger charge is -2.19. The Bertz CT molecular complexity index is 536. The lowest BCUT2D eigenvalue weighted by atomic mass is 9.94. The maximum absolute atomic E-state index is 11.7. The average molecular weight is 317 g/mol. The molecule has 1 amide bonds. The first-order chi connectivity index (χ1) is 8.24. The Morgan fingerprint density at radius 3 is 2.61 bits per heavy atom. The van der Waals surface area contributed by atoms with E-state index in [4.69, 9.17) is 5.11 Å². The van der Waals surface area contributed by atoms with Crippen molar-refractivity contribution in [3.05, 3.63) is 32.7 Å². The molecule has 98 valence electrons. The lowest BCUT2D eigenvalue weighted by Crippen LogP contribution is -2.39. The number of H-pyrrole nitrogens is 1. The predicted octanol–water partition coefficient (Wildman–Crippen LogP) is 0.978. The van der Waals surface area contributed by atoms with Crippen LogP contribution in [0.2, 0.25) is 0 Å². The van der Waals surface area contributed by atoms with E-state index in [2.05, 4.69) is 26.2 Å². The molecule has 0 spiro atoms. The first kappa shape index (κ1) is 14.4.